The van der Waals surface area contributed by atoms with Crippen LogP contribution >= 0.6 is 11.3 Å². The Morgan fingerprint density at radius 2 is 2.00 bits per heavy atom. The largest absolute Gasteiger partial charge is 0.333 e. The van der Waals surface area contributed by atoms with E-state index in [9.17, 15) is 9.59 Å². The van der Waals surface area contributed by atoms with E-state index in [1.165, 1.54) is 11.3 Å². The maximum atomic E-state index is 12.0. The van der Waals surface area contributed by atoms with Gasteiger partial charge in [0.2, 0.25) is 11.8 Å². The lowest BCUT2D eigenvalue weighted by Crippen LogP contribution is -2.40. The molecule has 1 rings (SSSR count). The van der Waals surface area contributed by atoms with E-state index in [-0.39, 0.29) is 24.3 Å². The summed E-state index contributed by atoms with van der Waals surface area (Å²) in [6.45, 7) is 10.2. The van der Waals surface area contributed by atoms with Crippen molar-refractivity contribution in [1.82, 2.24) is 9.88 Å². The number of thiazole rings is 1. The fraction of sp³-hybridized carbons (Fsp3) is 0.643. The average molecular weight is 297 g/mol. The topological polar surface area (TPSA) is 62.3 Å². The first-order chi connectivity index (χ1) is 9.35. The normalized spacial score (nSPS) is 10.7. The van der Waals surface area contributed by atoms with E-state index in [0.29, 0.717) is 11.7 Å². The van der Waals surface area contributed by atoms with E-state index in [1.54, 1.807) is 4.90 Å². The molecule has 1 heterocycles. The first kappa shape index (κ1) is 16.6. The van der Waals surface area contributed by atoms with Crippen LogP contribution in [0.4, 0.5) is 5.13 Å². The lowest BCUT2D eigenvalue weighted by molar-refractivity contribution is -0.137. The van der Waals surface area contributed by atoms with Crippen molar-refractivity contribution in [2.45, 2.75) is 41.0 Å². The molecule has 1 N–H and O–H groups in total. The standard InChI is InChI=1S/C14H23N3O2S/c1-6-7-17(13(19)9(2)3)8-12(18)16-14-15-10(4)11(5)20-14/h9H,6-8H2,1-5H3,(H,15,16,18). The first-order valence-electron chi connectivity index (χ1n) is 6.87. The van der Waals surface area contributed by atoms with E-state index in [2.05, 4.69) is 10.3 Å². The summed E-state index contributed by atoms with van der Waals surface area (Å²) in [4.78, 5) is 31.0. The van der Waals surface area contributed by atoms with Crippen molar-refractivity contribution in [1.29, 1.82) is 0 Å². The Labute approximate surface area is 124 Å². The quantitative estimate of drug-likeness (QED) is 0.878. The number of hydrogen-bond acceptors (Lipinski definition) is 4. The number of aromatic nitrogens is 1. The van der Waals surface area contributed by atoms with Crippen molar-refractivity contribution >= 4 is 28.3 Å². The molecule has 5 nitrogen and oxygen atoms in total. The van der Waals surface area contributed by atoms with Crippen LogP contribution in [0.15, 0.2) is 0 Å². The number of hydrogen-bond donors (Lipinski definition) is 1. The maximum Gasteiger partial charge on any atom is 0.245 e. The van der Waals surface area contributed by atoms with Crippen LogP contribution in [0.2, 0.25) is 0 Å². The van der Waals surface area contributed by atoms with Crippen LogP contribution in [0.1, 0.15) is 37.8 Å². The van der Waals surface area contributed by atoms with Gasteiger partial charge in [0, 0.05) is 17.3 Å². The van der Waals surface area contributed by atoms with Crippen LogP contribution in [0, 0.1) is 19.8 Å². The second-order valence-electron chi connectivity index (χ2n) is 5.12. The molecule has 0 unspecified atom stereocenters. The number of rotatable bonds is 6. The van der Waals surface area contributed by atoms with Gasteiger partial charge in [-0.3, -0.25) is 9.59 Å². The van der Waals surface area contributed by atoms with Gasteiger partial charge in [0.15, 0.2) is 5.13 Å². The van der Waals surface area contributed by atoms with Gasteiger partial charge in [-0.05, 0) is 20.3 Å². The van der Waals surface area contributed by atoms with Gasteiger partial charge < -0.3 is 10.2 Å². The summed E-state index contributed by atoms with van der Waals surface area (Å²) in [6, 6.07) is 0. The van der Waals surface area contributed by atoms with Crippen molar-refractivity contribution in [3.8, 4) is 0 Å². The summed E-state index contributed by atoms with van der Waals surface area (Å²) < 4.78 is 0. The molecule has 0 aliphatic rings. The minimum absolute atomic E-state index is 0.00787. The van der Waals surface area contributed by atoms with Crippen molar-refractivity contribution in [2.75, 3.05) is 18.4 Å². The third-order valence-electron chi connectivity index (χ3n) is 2.91. The van der Waals surface area contributed by atoms with Crippen LogP contribution in [-0.4, -0.2) is 34.8 Å². The predicted molar refractivity (Wildman–Crippen MR) is 81.9 cm³/mol. The van der Waals surface area contributed by atoms with Crippen LogP contribution in [0.25, 0.3) is 0 Å². The summed E-state index contributed by atoms with van der Waals surface area (Å²) in [5.41, 5.74) is 0.925. The molecule has 0 spiro atoms. The van der Waals surface area contributed by atoms with E-state index in [4.69, 9.17) is 0 Å². The smallest absolute Gasteiger partial charge is 0.245 e. The van der Waals surface area contributed by atoms with Crippen LogP contribution in [-0.2, 0) is 9.59 Å². The van der Waals surface area contributed by atoms with Crippen molar-refractivity contribution in [2.24, 2.45) is 5.92 Å². The number of nitrogens with one attached hydrogen (secondary N) is 1. The molecule has 0 radical (unpaired) electrons. The molecular formula is C14H23N3O2S. The number of aryl methyl sites for hydroxylation is 2. The molecule has 0 saturated carbocycles. The molecule has 0 fully saturated rings. The van der Waals surface area contributed by atoms with Gasteiger partial charge in [0.05, 0.1) is 12.2 Å². The Bertz CT molecular complexity index is 463. The van der Waals surface area contributed by atoms with Gasteiger partial charge in [-0.25, -0.2) is 4.98 Å². The monoisotopic (exact) mass is 297 g/mol. The van der Waals surface area contributed by atoms with E-state index >= 15 is 0 Å². The van der Waals surface area contributed by atoms with E-state index < -0.39 is 0 Å². The minimum Gasteiger partial charge on any atom is -0.333 e. The summed E-state index contributed by atoms with van der Waals surface area (Å²) in [5, 5.41) is 3.36. The van der Waals surface area contributed by atoms with Gasteiger partial charge >= 0.3 is 0 Å². The number of nitrogens with zero attached hydrogens (tertiary/aromatic N) is 2. The van der Waals surface area contributed by atoms with Gasteiger partial charge in [-0.15, -0.1) is 11.3 Å². The Balaban J connectivity index is 2.64. The van der Waals surface area contributed by atoms with Crippen LogP contribution in [0.3, 0.4) is 0 Å². The first-order valence-corrected chi connectivity index (χ1v) is 7.69. The summed E-state index contributed by atoms with van der Waals surface area (Å²) in [7, 11) is 0. The summed E-state index contributed by atoms with van der Waals surface area (Å²) in [6.07, 6.45) is 0.835. The molecule has 0 aromatic carbocycles. The molecule has 0 bridgehead atoms. The molecule has 1 aromatic heterocycles. The third-order valence-corrected chi connectivity index (χ3v) is 3.90. The van der Waals surface area contributed by atoms with Crippen molar-refractivity contribution in [3.63, 3.8) is 0 Å². The number of amides is 2. The maximum absolute atomic E-state index is 12.0. The summed E-state index contributed by atoms with van der Waals surface area (Å²) in [5.74, 6) is -0.284. The zero-order valence-corrected chi connectivity index (χ0v) is 13.6. The summed E-state index contributed by atoms with van der Waals surface area (Å²) >= 11 is 1.45. The van der Waals surface area contributed by atoms with Crippen LogP contribution < -0.4 is 5.32 Å². The fourth-order valence-corrected chi connectivity index (χ4v) is 2.59. The van der Waals surface area contributed by atoms with E-state index in [1.807, 2.05) is 34.6 Å². The molecule has 112 valence electrons. The van der Waals surface area contributed by atoms with Gasteiger partial charge in [-0.2, -0.15) is 0 Å². The van der Waals surface area contributed by atoms with Gasteiger partial charge in [0.25, 0.3) is 0 Å². The Morgan fingerprint density at radius 1 is 1.35 bits per heavy atom. The molecule has 6 heteroatoms. The molecule has 20 heavy (non-hydrogen) atoms. The zero-order chi connectivity index (χ0) is 15.3. The third kappa shape index (κ3) is 4.59. The second-order valence-corrected chi connectivity index (χ2v) is 6.33. The zero-order valence-electron chi connectivity index (χ0n) is 12.8. The highest BCUT2D eigenvalue weighted by Crippen LogP contribution is 2.20. The Kier molecular flexibility index (Phi) is 6.13. The van der Waals surface area contributed by atoms with Crippen LogP contribution in [0.5, 0.6) is 0 Å². The lowest BCUT2D eigenvalue weighted by atomic mass is 10.2. The van der Waals surface area contributed by atoms with Gasteiger partial charge in [0.1, 0.15) is 0 Å². The predicted octanol–water partition coefficient (Wildman–Crippen LogP) is 2.59. The highest BCUT2D eigenvalue weighted by atomic mass is 32.1. The fourth-order valence-electron chi connectivity index (χ4n) is 1.76. The molecule has 0 atom stereocenters. The molecular weight excluding hydrogens is 274 g/mol. The number of carbonyl (C=O) groups excluding carboxylic acids is 2. The minimum atomic E-state index is -0.193. The highest BCUT2D eigenvalue weighted by molar-refractivity contribution is 7.15. The second kappa shape index (κ2) is 7.38. The number of carbonyl (C=O) groups is 2. The molecule has 0 aliphatic heterocycles. The highest BCUT2D eigenvalue weighted by Gasteiger charge is 2.19. The van der Waals surface area contributed by atoms with Gasteiger partial charge in [-0.1, -0.05) is 20.8 Å². The lowest BCUT2D eigenvalue weighted by Gasteiger charge is -2.23. The Hall–Kier alpha value is -1.43. The average Bonchev–Trinajstić information content (AvgIpc) is 2.66. The van der Waals surface area contributed by atoms with Crippen molar-refractivity contribution in [3.05, 3.63) is 10.6 Å². The SMILES string of the molecule is CCCN(CC(=O)Nc1nc(C)c(C)s1)C(=O)C(C)C. The molecule has 0 saturated heterocycles. The molecule has 1 aromatic rings. The van der Waals surface area contributed by atoms with Crippen molar-refractivity contribution < 1.29 is 9.59 Å². The van der Waals surface area contributed by atoms with E-state index in [0.717, 1.165) is 17.0 Å². The molecule has 2 amide bonds. The molecule has 0 aliphatic carbocycles. The Morgan fingerprint density at radius 3 is 2.45 bits per heavy atom. The number of anilines is 1.